The zero-order chi connectivity index (χ0) is 14.9. The van der Waals surface area contributed by atoms with E-state index in [1.165, 1.54) is 14.0 Å². The minimum absolute atomic E-state index is 0.412. The summed E-state index contributed by atoms with van der Waals surface area (Å²) in [5, 5.41) is 2.20. The van der Waals surface area contributed by atoms with Crippen LogP contribution in [0.3, 0.4) is 0 Å². The van der Waals surface area contributed by atoms with Gasteiger partial charge in [0.1, 0.15) is 11.5 Å². The number of methoxy groups -OCH3 is 1. The SMILES string of the molecule is COC(=O)C(C)N1C(=O)NC(=O)C2(CCCCC2)C1=O. The minimum atomic E-state index is -1.20. The molecule has 0 aromatic rings. The van der Waals surface area contributed by atoms with Crippen molar-refractivity contribution in [2.45, 2.75) is 45.1 Å². The molecule has 4 amide bonds. The Morgan fingerprint density at radius 3 is 2.40 bits per heavy atom. The van der Waals surface area contributed by atoms with Crippen molar-refractivity contribution in [2.24, 2.45) is 5.41 Å². The molecule has 110 valence electrons. The molecule has 1 aliphatic heterocycles. The van der Waals surface area contributed by atoms with E-state index in [2.05, 4.69) is 10.1 Å². The molecule has 1 spiro atoms. The molecule has 1 aliphatic carbocycles. The number of barbiturate groups is 1. The maximum absolute atomic E-state index is 12.6. The van der Waals surface area contributed by atoms with E-state index in [1.54, 1.807) is 0 Å². The third-order valence-corrected chi connectivity index (χ3v) is 4.14. The first-order valence-corrected chi connectivity index (χ1v) is 6.71. The number of amides is 4. The highest BCUT2D eigenvalue weighted by Gasteiger charge is 2.55. The minimum Gasteiger partial charge on any atom is -0.467 e. The Morgan fingerprint density at radius 2 is 1.85 bits per heavy atom. The topological polar surface area (TPSA) is 92.8 Å². The van der Waals surface area contributed by atoms with E-state index in [1.807, 2.05) is 0 Å². The molecule has 1 atom stereocenters. The maximum Gasteiger partial charge on any atom is 0.331 e. The summed E-state index contributed by atoms with van der Waals surface area (Å²) in [4.78, 5) is 49.0. The molecular weight excluding hydrogens is 264 g/mol. The molecule has 1 saturated heterocycles. The highest BCUT2D eigenvalue weighted by atomic mass is 16.5. The molecule has 20 heavy (non-hydrogen) atoms. The molecule has 7 nitrogen and oxygen atoms in total. The number of ether oxygens (including phenoxy) is 1. The standard InChI is InChI=1S/C13H18N2O5/c1-8(9(16)20-2)15-11(18)13(6-4-3-5-7-13)10(17)14-12(15)19/h8H,3-7H2,1-2H3,(H,14,17,19). The van der Waals surface area contributed by atoms with E-state index >= 15 is 0 Å². The van der Waals surface area contributed by atoms with E-state index < -0.39 is 35.3 Å². The van der Waals surface area contributed by atoms with Gasteiger partial charge in [-0.1, -0.05) is 19.3 Å². The van der Waals surface area contributed by atoms with E-state index in [0.717, 1.165) is 24.2 Å². The molecule has 2 aliphatic rings. The van der Waals surface area contributed by atoms with Gasteiger partial charge in [0.05, 0.1) is 7.11 Å². The Kier molecular flexibility index (Phi) is 3.78. The molecule has 2 rings (SSSR count). The monoisotopic (exact) mass is 282 g/mol. The fourth-order valence-electron chi connectivity index (χ4n) is 2.92. The van der Waals surface area contributed by atoms with Crippen molar-refractivity contribution in [1.29, 1.82) is 0 Å². The molecule has 0 bridgehead atoms. The first-order chi connectivity index (χ1) is 9.44. The van der Waals surface area contributed by atoms with Gasteiger partial charge >= 0.3 is 12.0 Å². The smallest absolute Gasteiger partial charge is 0.331 e. The van der Waals surface area contributed by atoms with Crippen LogP contribution in [0.15, 0.2) is 0 Å². The zero-order valence-electron chi connectivity index (χ0n) is 11.6. The van der Waals surface area contributed by atoms with Gasteiger partial charge in [0.2, 0.25) is 11.8 Å². The quantitative estimate of drug-likeness (QED) is 0.590. The lowest BCUT2D eigenvalue weighted by Crippen LogP contribution is -2.67. The molecule has 0 radical (unpaired) electrons. The van der Waals surface area contributed by atoms with Crippen LogP contribution in [0.2, 0.25) is 0 Å². The predicted molar refractivity (Wildman–Crippen MR) is 67.4 cm³/mol. The molecule has 0 aromatic heterocycles. The number of rotatable bonds is 2. The third-order valence-electron chi connectivity index (χ3n) is 4.14. The molecule has 7 heteroatoms. The summed E-state index contributed by atoms with van der Waals surface area (Å²) in [6.07, 6.45) is 3.30. The highest BCUT2D eigenvalue weighted by molar-refractivity contribution is 6.20. The molecule has 1 heterocycles. The average Bonchev–Trinajstić information content (AvgIpc) is 2.45. The number of imide groups is 2. The summed E-state index contributed by atoms with van der Waals surface area (Å²) in [7, 11) is 1.19. The number of carbonyl (C=O) groups excluding carboxylic acids is 4. The van der Waals surface area contributed by atoms with E-state index in [9.17, 15) is 19.2 Å². The van der Waals surface area contributed by atoms with Crippen LogP contribution in [0.4, 0.5) is 4.79 Å². The van der Waals surface area contributed by atoms with Crippen LogP contribution < -0.4 is 5.32 Å². The lowest BCUT2D eigenvalue weighted by atomic mass is 9.71. The van der Waals surface area contributed by atoms with Gasteiger partial charge < -0.3 is 4.74 Å². The summed E-state index contributed by atoms with van der Waals surface area (Å²) >= 11 is 0. The van der Waals surface area contributed by atoms with Crippen molar-refractivity contribution >= 4 is 23.8 Å². The molecule has 2 fully saturated rings. The number of carbonyl (C=O) groups is 4. The number of esters is 1. The maximum atomic E-state index is 12.6. The van der Waals surface area contributed by atoms with Gasteiger partial charge in [0.15, 0.2) is 0 Å². The Morgan fingerprint density at radius 1 is 1.25 bits per heavy atom. The fourth-order valence-corrected chi connectivity index (χ4v) is 2.92. The van der Waals surface area contributed by atoms with E-state index in [4.69, 9.17) is 0 Å². The van der Waals surface area contributed by atoms with Crippen molar-refractivity contribution in [3.05, 3.63) is 0 Å². The fraction of sp³-hybridized carbons (Fsp3) is 0.692. The van der Waals surface area contributed by atoms with Crippen LogP contribution in [0.25, 0.3) is 0 Å². The van der Waals surface area contributed by atoms with E-state index in [0.29, 0.717) is 12.8 Å². The molecular formula is C13H18N2O5. The van der Waals surface area contributed by atoms with Gasteiger partial charge in [-0.3, -0.25) is 14.9 Å². The van der Waals surface area contributed by atoms with Crippen LogP contribution >= 0.6 is 0 Å². The number of nitrogens with zero attached hydrogens (tertiary/aromatic N) is 1. The van der Waals surface area contributed by atoms with Gasteiger partial charge in [-0.2, -0.15) is 0 Å². The van der Waals surface area contributed by atoms with Crippen molar-refractivity contribution in [1.82, 2.24) is 10.2 Å². The molecule has 1 unspecified atom stereocenters. The van der Waals surface area contributed by atoms with Crippen LogP contribution in [0.5, 0.6) is 0 Å². The van der Waals surface area contributed by atoms with Gasteiger partial charge in [-0.25, -0.2) is 14.5 Å². The lowest BCUT2D eigenvalue weighted by Gasteiger charge is -2.42. The van der Waals surface area contributed by atoms with Crippen molar-refractivity contribution in [2.75, 3.05) is 7.11 Å². The van der Waals surface area contributed by atoms with Crippen LogP contribution in [-0.2, 0) is 19.1 Å². The third kappa shape index (κ3) is 2.07. The Labute approximate surface area is 116 Å². The van der Waals surface area contributed by atoms with Crippen LogP contribution in [0.1, 0.15) is 39.0 Å². The molecule has 0 aromatic carbocycles. The van der Waals surface area contributed by atoms with Crippen LogP contribution in [0, 0.1) is 5.41 Å². The first kappa shape index (κ1) is 14.5. The van der Waals surface area contributed by atoms with Crippen molar-refractivity contribution in [3.8, 4) is 0 Å². The molecule has 1 saturated carbocycles. The Hall–Kier alpha value is -1.92. The summed E-state index contributed by atoms with van der Waals surface area (Å²) in [5.74, 6) is -1.81. The number of nitrogens with one attached hydrogen (secondary N) is 1. The summed E-state index contributed by atoms with van der Waals surface area (Å²) in [6.45, 7) is 1.41. The normalized spacial score (nSPS) is 23.5. The van der Waals surface area contributed by atoms with Gasteiger partial charge in [0, 0.05) is 0 Å². The predicted octanol–water partition coefficient (Wildman–Crippen LogP) is 0.577. The second kappa shape index (κ2) is 5.22. The summed E-state index contributed by atoms with van der Waals surface area (Å²) in [5.41, 5.74) is -1.20. The number of hydrogen-bond acceptors (Lipinski definition) is 5. The van der Waals surface area contributed by atoms with Gasteiger partial charge in [0.25, 0.3) is 0 Å². The van der Waals surface area contributed by atoms with Gasteiger partial charge in [-0.05, 0) is 19.8 Å². The molecule has 1 N–H and O–H groups in total. The second-order valence-electron chi connectivity index (χ2n) is 5.28. The van der Waals surface area contributed by atoms with Crippen molar-refractivity contribution in [3.63, 3.8) is 0 Å². The first-order valence-electron chi connectivity index (χ1n) is 6.71. The van der Waals surface area contributed by atoms with Crippen LogP contribution in [-0.4, -0.2) is 41.9 Å². The second-order valence-corrected chi connectivity index (χ2v) is 5.28. The number of urea groups is 1. The number of hydrogen-bond donors (Lipinski definition) is 1. The Balaban J connectivity index is 2.33. The largest absolute Gasteiger partial charge is 0.467 e. The zero-order valence-corrected chi connectivity index (χ0v) is 11.6. The van der Waals surface area contributed by atoms with Crippen molar-refractivity contribution < 1.29 is 23.9 Å². The average molecular weight is 282 g/mol. The van der Waals surface area contributed by atoms with E-state index in [-0.39, 0.29) is 0 Å². The summed E-state index contributed by atoms with van der Waals surface area (Å²) in [6, 6.07) is -1.89. The van der Waals surface area contributed by atoms with Gasteiger partial charge in [-0.15, -0.1) is 0 Å². The summed E-state index contributed by atoms with van der Waals surface area (Å²) < 4.78 is 4.57. The highest BCUT2D eigenvalue weighted by Crippen LogP contribution is 2.40. The Bertz CT molecular complexity index is 467. The lowest BCUT2D eigenvalue weighted by molar-refractivity contribution is -0.161.